The molecule has 2 aliphatic rings. The molecular formula is C29H35N7O2. The first-order chi connectivity index (χ1) is 18.1. The molecule has 3 aromatic rings. The van der Waals surface area contributed by atoms with Gasteiger partial charge in [-0.2, -0.15) is 4.98 Å². The number of nitrogens with zero attached hydrogens (tertiary/aromatic N) is 4. The van der Waals surface area contributed by atoms with Crippen LogP contribution < -0.4 is 16.0 Å². The lowest BCUT2D eigenvalue weighted by atomic mass is 9.86. The second-order valence-corrected chi connectivity index (χ2v) is 11.3. The second kappa shape index (κ2) is 9.70. The van der Waals surface area contributed by atoms with Gasteiger partial charge in [0.25, 0.3) is 5.91 Å². The molecule has 9 nitrogen and oxygen atoms in total. The summed E-state index contributed by atoms with van der Waals surface area (Å²) in [7, 11) is 0. The summed E-state index contributed by atoms with van der Waals surface area (Å²) in [6, 6.07) is 12.0. The molecule has 198 valence electrons. The molecule has 1 aliphatic heterocycles. The zero-order valence-corrected chi connectivity index (χ0v) is 22.7. The van der Waals surface area contributed by atoms with E-state index in [-0.39, 0.29) is 22.6 Å². The summed E-state index contributed by atoms with van der Waals surface area (Å²) in [5, 5.41) is 9.34. The predicted octanol–water partition coefficient (Wildman–Crippen LogP) is 4.80. The van der Waals surface area contributed by atoms with Crippen molar-refractivity contribution in [2.75, 3.05) is 23.7 Å². The lowest BCUT2D eigenvalue weighted by molar-refractivity contribution is -0.130. The van der Waals surface area contributed by atoms with Crippen LogP contribution in [-0.4, -0.2) is 44.8 Å². The quantitative estimate of drug-likeness (QED) is 0.434. The molecule has 3 heterocycles. The summed E-state index contributed by atoms with van der Waals surface area (Å²) in [6.07, 6.45) is 3.74. The molecule has 0 radical (unpaired) electrons. The normalized spacial score (nSPS) is 15.6. The van der Waals surface area contributed by atoms with Gasteiger partial charge in [-0.15, -0.1) is 0 Å². The third-order valence-corrected chi connectivity index (χ3v) is 7.22. The van der Waals surface area contributed by atoms with Crippen molar-refractivity contribution in [2.45, 2.75) is 64.8 Å². The van der Waals surface area contributed by atoms with Crippen molar-refractivity contribution in [1.29, 1.82) is 0 Å². The Balaban J connectivity index is 1.44. The minimum Gasteiger partial charge on any atom is -0.352 e. The number of amides is 2. The average Bonchev–Trinajstić information content (AvgIpc) is 3.63. The Labute approximate surface area is 223 Å². The number of anilines is 4. The Hall–Kier alpha value is -4.01. The standard InChI is InChI=1S/C29H35N7O2/c1-6-30-26(38)21-15-31-27(35-25(21)34-24-9-7-8-23(33-24)28(3,4)5)32-20-10-11-22-19(14-20)16-36(18(2)37)17-29(22)12-13-29/h7-11,14-15H,6,12-13,16-17H2,1-5H3,(H,30,38)(H2,31,32,33,34,35). The van der Waals surface area contributed by atoms with Crippen molar-refractivity contribution in [3.63, 3.8) is 0 Å². The molecule has 1 aliphatic carbocycles. The highest BCUT2D eigenvalue weighted by molar-refractivity contribution is 5.99. The van der Waals surface area contributed by atoms with Gasteiger partial charge in [0.15, 0.2) is 0 Å². The van der Waals surface area contributed by atoms with E-state index in [4.69, 9.17) is 4.98 Å². The molecule has 38 heavy (non-hydrogen) atoms. The Kier molecular flexibility index (Phi) is 6.54. The summed E-state index contributed by atoms with van der Waals surface area (Å²) >= 11 is 0. The van der Waals surface area contributed by atoms with E-state index in [1.807, 2.05) is 36.1 Å². The van der Waals surface area contributed by atoms with Gasteiger partial charge in [0, 0.05) is 55.0 Å². The Morgan fingerprint density at radius 2 is 1.87 bits per heavy atom. The van der Waals surface area contributed by atoms with Crippen molar-refractivity contribution >= 4 is 35.1 Å². The van der Waals surface area contributed by atoms with E-state index in [9.17, 15) is 9.59 Å². The first kappa shape index (κ1) is 25.6. The molecule has 1 saturated carbocycles. The zero-order valence-electron chi connectivity index (χ0n) is 22.7. The number of carbonyl (C=O) groups excluding carboxylic acids is 2. The van der Waals surface area contributed by atoms with Crippen LogP contribution in [0.4, 0.5) is 23.3 Å². The van der Waals surface area contributed by atoms with Crippen LogP contribution in [0.1, 0.15) is 74.6 Å². The molecule has 0 saturated heterocycles. The molecule has 9 heteroatoms. The first-order valence-electron chi connectivity index (χ1n) is 13.1. The fraction of sp³-hybridized carbons (Fsp3) is 0.414. The summed E-state index contributed by atoms with van der Waals surface area (Å²) in [5.41, 5.74) is 4.55. The van der Waals surface area contributed by atoms with Crippen LogP contribution in [0.15, 0.2) is 42.6 Å². The Bertz CT molecular complexity index is 1390. The van der Waals surface area contributed by atoms with E-state index >= 15 is 0 Å². The molecular weight excluding hydrogens is 478 g/mol. The highest BCUT2D eigenvalue weighted by Crippen LogP contribution is 2.52. The van der Waals surface area contributed by atoms with Gasteiger partial charge in [-0.3, -0.25) is 9.59 Å². The third-order valence-electron chi connectivity index (χ3n) is 7.22. The number of pyridine rings is 1. The van der Waals surface area contributed by atoms with Crippen LogP contribution in [-0.2, 0) is 22.2 Å². The zero-order chi connectivity index (χ0) is 27.1. The molecule has 3 N–H and O–H groups in total. The van der Waals surface area contributed by atoms with E-state index in [1.165, 1.54) is 11.8 Å². The number of benzene rings is 1. The van der Waals surface area contributed by atoms with Crippen molar-refractivity contribution in [1.82, 2.24) is 25.2 Å². The van der Waals surface area contributed by atoms with Gasteiger partial charge >= 0.3 is 0 Å². The number of hydrogen-bond acceptors (Lipinski definition) is 7. The van der Waals surface area contributed by atoms with Gasteiger partial charge in [-0.05, 0) is 55.2 Å². The number of rotatable bonds is 6. The van der Waals surface area contributed by atoms with Crippen molar-refractivity contribution < 1.29 is 9.59 Å². The fourth-order valence-corrected chi connectivity index (χ4v) is 4.96. The Morgan fingerprint density at radius 3 is 2.55 bits per heavy atom. The van der Waals surface area contributed by atoms with Gasteiger partial charge < -0.3 is 20.9 Å². The van der Waals surface area contributed by atoms with E-state index in [1.54, 1.807) is 6.92 Å². The summed E-state index contributed by atoms with van der Waals surface area (Å²) in [4.78, 5) is 40.6. The minimum absolute atomic E-state index is 0.101. The number of aromatic nitrogens is 3. The minimum atomic E-state index is -0.263. The topological polar surface area (TPSA) is 112 Å². The third kappa shape index (κ3) is 5.18. The largest absolute Gasteiger partial charge is 0.352 e. The van der Waals surface area contributed by atoms with Crippen LogP contribution in [0, 0.1) is 0 Å². The molecule has 0 unspecified atom stereocenters. The number of nitrogens with one attached hydrogen (secondary N) is 3. The van der Waals surface area contributed by atoms with Gasteiger partial charge in [0.2, 0.25) is 11.9 Å². The number of carbonyl (C=O) groups is 2. The number of hydrogen-bond donors (Lipinski definition) is 3. The van der Waals surface area contributed by atoms with Gasteiger partial charge in [-0.25, -0.2) is 9.97 Å². The monoisotopic (exact) mass is 513 g/mol. The molecule has 5 rings (SSSR count). The predicted molar refractivity (Wildman–Crippen MR) is 148 cm³/mol. The molecule has 0 atom stereocenters. The van der Waals surface area contributed by atoms with Gasteiger partial charge in [-0.1, -0.05) is 32.9 Å². The maximum absolute atomic E-state index is 12.8. The van der Waals surface area contributed by atoms with Crippen molar-refractivity contribution in [2.24, 2.45) is 0 Å². The SMILES string of the molecule is CCNC(=O)c1cnc(Nc2ccc3c(c2)CN(C(C)=O)CC32CC2)nc1Nc1cccc(C(C)(C)C)n1. The highest BCUT2D eigenvalue weighted by Gasteiger charge is 2.49. The Morgan fingerprint density at radius 1 is 1.08 bits per heavy atom. The van der Waals surface area contributed by atoms with E-state index in [0.717, 1.165) is 36.3 Å². The average molecular weight is 514 g/mol. The van der Waals surface area contributed by atoms with Crippen LogP contribution in [0.3, 0.4) is 0 Å². The van der Waals surface area contributed by atoms with Crippen molar-refractivity contribution in [3.05, 3.63) is 65.0 Å². The smallest absolute Gasteiger partial charge is 0.256 e. The van der Waals surface area contributed by atoms with Crippen LogP contribution in [0.5, 0.6) is 0 Å². The molecule has 0 bridgehead atoms. The maximum Gasteiger partial charge on any atom is 0.256 e. The lowest BCUT2D eigenvalue weighted by Crippen LogP contribution is -2.40. The maximum atomic E-state index is 12.8. The highest BCUT2D eigenvalue weighted by atomic mass is 16.2. The van der Waals surface area contributed by atoms with E-state index in [0.29, 0.717) is 36.2 Å². The lowest BCUT2D eigenvalue weighted by Gasteiger charge is -2.34. The van der Waals surface area contributed by atoms with E-state index < -0.39 is 0 Å². The number of fused-ring (bicyclic) bond motifs is 2. The molecule has 2 aromatic heterocycles. The molecule has 1 fully saturated rings. The van der Waals surface area contributed by atoms with Gasteiger partial charge in [0.1, 0.15) is 17.2 Å². The van der Waals surface area contributed by atoms with E-state index in [2.05, 4.69) is 58.8 Å². The second-order valence-electron chi connectivity index (χ2n) is 11.3. The molecule has 1 aromatic carbocycles. The molecule has 2 amide bonds. The summed E-state index contributed by atoms with van der Waals surface area (Å²) in [5.74, 6) is 1.16. The molecule has 1 spiro atoms. The summed E-state index contributed by atoms with van der Waals surface area (Å²) < 4.78 is 0. The first-order valence-corrected chi connectivity index (χ1v) is 13.1. The van der Waals surface area contributed by atoms with Crippen LogP contribution >= 0.6 is 0 Å². The van der Waals surface area contributed by atoms with Crippen LogP contribution in [0.2, 0.25) is 0 Å². The van der Waals surface area contributed by atoms with Gasteiger partial charge in [0.05, 0.1) is 0 Å². The van der Waals surface area contributed by atoms with Crippen molar-refractivity contribution in [3.8, 4) is 0 Å². The van der Waals surface area contributed by atoms with Crippen LogP contribution in [0.25, 0.3) is 0 Å². The summed E-state index contributed by atoms with van der Waals surface area (Å²) in [6.45, 7) is 11.7. The fourth-order valence-electron chi connectivity index (χ4n) is 4.96.